The van der Waals surface area contributed by atoms with E-state index >= 15 is 0 Å². The van der Waals surface area contributed by atoms with Gasteiger partial charge in [0.2, 0.25) is 0 Å². The van der Waals surface area contributed by atoms with Crippen molar-refractivity contribution in [3.05, 3.63) is 119 Å². The zero-order valence-electron chi connectivity index (χ0n) is 19.6. The number of carbonyl (C=O) groups is 4. The maximum atomic E-state index is 14.1. The Hall–Kier alpha value is -4.65. The van der Waals surface area contributed by atoms with Crippen LogP contribution in [0, 0.1) is 11.2 Å². The van der Waals surface area contributed by atoms with Crippen molar-refractivity contribution in [3.63, 3.8) is 0 Å². The average molecular weight is 480 g/mol. The van der Waals surface area contributed by atoms with Crippen LogP contribution in [0.3, 0.4) is 0 Å². The highest BCUT2D eigenvalue weighted by atomic mass is 19.1. The van der Waals surface area contributed by atoms with Crippen LogP contribution in [0.25, 0.3) is 11.1 Å². The average Bonchev–Trinajstić information content (AvgIpc) is 3.28. The number of halogens is 1. The first kappa shape index (κ1) is 23.1. The predicted molar refractivity (Wildman–Crippen MR) is 132 cm³/mol. The Morgan fingerprint density at radius 1 is 0.722 bits per heavy atom. The van der Waals surface area contributed by atoms with E-state index in [0.717, 1.165) is 9.80 Å². The minimum Gasteiger partial charge on any atom is -0.289 e. The fraction of sp³-hybridized carbons (Fsp3) is 0.103. The Morgan fingerprint density at radius 3 is 1.81 bits per heavy atom. The van der Waals surface area contributed by atoms with Crippen molar-refractivity contribution >= 4 is 34.8 Å². The number of rotatable bonds is 4. The van der Waals surface area contributed by atoms with Crippen molar-refractivity contribution < 1.29 is 23.6 Å². The molecule has 2 aliphatic rings. The fourth-order valence-corrected chi connectivity index (χ4v) is 4.93. The molecule has 0 atom stereocenters. The van der Waals surface area contributed by atoms with Crippen molar-refractivity contribution in [2.75, 3.05) is 14.1 Å². The lowest BCUT2D eigenvalue weighted by Gasteiger charge is -2.42. The Balaban J connectivity index is 1.89. The number of ketones is 1. The minimum atomic E-state index is -2.02. The minimum absolute atomic E-state index is 0.122. The standard InChI is InChI=1S/C29H21FN2O4/c1-31-26(34)29(27(35)32(2)28(31)36)23(18-9-5-3-6-10-18)17-22(25(33)20-11-7-4-8-12-20)24(29)19-13-15-21(30)16-14-19/h3-17H,1-2H3. The van der Waals surface area contributed by atoms with Crippen LogP contribution in [-0.4, -0.2) is 47.5 Å². The highest BCUT2D eigenvalue weighted by molar-refractivity contribution is 6.37. The monoisotopic (exact) mass is 480 g/mol. The lowest BCUT2D eigenvalue weighted by Crippen LogP contribution is -2.63. The molecule has 6 nitrogen and oxygen atoms in total. The zero-order chi connectivity index (χ0) is 25.6. The predicted octanol–water partition coefficient (Wildman–Crippen LogP) is 4.60. The van der Waals surface area contributed by atoms with Crippen molar-refractivity contribution in [2.24, 2.45) is 5.41 Å². The molecule has 4 amide bonds. The SMILES string of the molecule is CN1C(=O)N(C)C(=O)C2(C1=O)C(c1ccccc1)=CC(C(=O)c1ccccc1)=C2c1ccc(F)cc1. The van der Waals surface area contributed by atoms with Crippen molar-refractivity contribution in [3.8, 4) is 0 Å². The molecule has 3 aromatic rings. The van der Waals surface area contributed by atoms with Gasteiger partial charge in [0.25, 0.3) is 11.8 Å². The highest BCUT2D eigenvalue weighted by Crippen LogP contribution is 2.56. The summed E-state index contributed by atoms with van der Waals surface area (Å²) in [6.07, 6.45) is 1.55. The first-order valence-electron chi connectivity index (χ1n) is 11.3. The smallest absolute Gasteiger partial charge is 0.289 e. The van der Waals surface area contributed by atoms with E-state index in [0.29, 0.717) is 16.7 Å². The Kier molecular flexibility index (Phi) is 5.48. The van der Waals surface area contributed by atoms with Crippen LogP contribution in [0.5, 0.6) is 0 Å². The highest BCUT2D eigenvalue weighted by Gasteiger charge is 2.63. The molecule has 0 N–H and O–H groups in total. The van der Waals surface area contributed by atoms with Crippen LogP contribution < -0.4 is 0 Å². The largest absolute Gasteiger partial charge is 0.332 e. The number of imide groups is 2. The second kappa shape index (κ2) is 8.53. The Bertz CT molecular complexity index is 1450. The number of urea groups is 1. The van der Waals surface area contributed by atoms with E-state index in [9.17, 15) is 23.6 Å². The molecule has 1 saturated heterocycles. The normalized spacial score (nSPS) is 17.2. The molecule has 1 spiro atoms. The molecule has 1 aliphatic heterocycles. The number of hydrogen-bond donors (Lipinski definition) is 0. The first-order valence-corrected chi connectivity index (χ1v) is 11.3. The molecule has 5 rings (SSSR count). The quantitative estimate of drug-likeness (QED) is 0.404. The number of amides is 4. The number of benzene rings is 3. The molecule has 178 valence electrons. The lowest BCUT2D eigenvalue weighted by molar-refractivity contribution is -0.148. The van der Waals surface area contributed by atoms with E-state index in [1.165, 1.54) is 38.4 Å². The number of hydrogen-bond acceptors (Lipinski definition) is 4. The van der Waals surface area contributed by atoms with Crippen molar-refractivity contribution in [2.45, 2.75) is 0 Å². The second-order valence-electron chi connectivity index (χ2n) is 8.68. The molecule has 0 radical (unpaired) electrons. The zero-order valence-corrected chi connectivity index (χ0v) is 19.6. The summed E-state index contributed by atoms with van der Waals surface area (Å²) >= 11 is 0. The van der Waals surface area contributed by atoms with Crippen LogP contribution in [0.2, 0.25) is 0 Å². The van der Waals surface area contributed by atoms with Crippen molar-refractivity contribution in [1.29, 1.82) is 0 Å². The van der Waals surface area contributed by atoms with Gasteiger partial charge in [0.05, 0.1) is 0 Å². The number of nitrogens with zero attached hydrogens (tertiary/aromatic N) is 2. The van der Waals surface area contributed by atoms with Gasteiger partial charge in [0.15, 0.2) is 11.2 Å². The molecule has 0 unspecified atom stereocenters. The van der Waals surface area contributed by atoms with Gasteiger partial charge in [-0.05, 0) is 40.5 Å². The van der Waals surface area contributed by atoms with Crippen LogP contribution in [0.1, 0.15) is 21.5 Å². The second-order valence-corrected chi connectivity index (χ2v) is 8.68. The third-order valence-electron chi connectivity index (χ3n) is 6.66. The van der Waals surface area contributed by atoms with Crippen molar-refractivity contribution in [1.82, 2.24) is 9.80 Å². The van der Waals surface area contributed by atoms with E-state index in [2.05, 4.69) is 0 Å². The van der Waals surface area contributed by atoms with Gasteiger partial charge in [-0.3, -0.25) is 24.2 Å². The molecule has 1 fully saturated rings. The Labute approximate surface area is 207 Å². The maximum Gasteiger partial charge on any atom is 0.332 e. The van der Waals surface area contributed by atoms with E-state index in [-0.39, 0.29) is 16.7 Å². The van der Waals surface area contributed by atoms with E-state index in [1.807, 2.05) is 0 Å². The third-order valence-corrected chi connectivity index (χ3v) is 6.66. The van der Waals surface area contributed by atoms with Gasteiger partial charge in [0, 0.05) is 25.2 Å². The molecule has 1 aliphatic carbocycles. The fourth-order valence-electron chi connectivity index (χ4n) is 4.93. The summed E-state index contributed by atoms with van der Waals surface area (Å²) in [6.45, 7) is 0. The number of barbiturate groups is 1. The molecular formula is C29H21FN2O4. The van der Waals surface area contributed by atoms with Gasteiger partial charge in [-0.2, -0.15) is 0 Å². The van der Waals surface area contributed by atoms with Gasteiger partial charge in [-0.15, -0.1) is 0 Å². The summed E-state index contributed by atoms with van der Waals surface area (Å²) in [5.74, 6) is -2.46. The van der Waals surface area contributed by atoms with E-state index in [1.54, 1.807) is 66.7 Å². The van der Waals surface area contributed by atoms with Crippen LogP contribution in [-0.2, 0) is 9.59 Å². The summed E-state index contributed by atoms with van der Waals surface area (Å²) < 4.78 is 13.9. The van der Waals surface area contributed by atoms with Gasteiger partial charge in [-0.1, -0.05) is 72.8 Å². The van der Waals surface area contributed by atoms with Crippen LogP contribution >= 0.6 is 0 Å². The number of Topliss-reactive ketones (excluding diaryl/α,β-unsaturated/α-hetero) is 1. The molecule has 36 heavy (non-hydrogen) atoms. The summed E-state index contributed by atoms with van der Waals surface area (Å²) in [6, 6.07) is 21.8. The molecule has 0 aromatic heterocycles. The summed E-state index contributed by atoms with van der Waals surface area (Å²) in [7, 11) is 2.61. The van der Waals surface area contributed by atoms with Crippen LogP contribution in [0.15, 0.2) is 96.6 Å². The molecule has 1 heterocycles. The number of carbonyl (C=O) groups excluding carboxylic acids is 4. The van der Waals surface area contributed by atoms with Crippen LogP contribution in [0.4, 0.5) is 9.18 Å². The topological polar surface area (TPSA) is 74.8 Å². The molecule has 0 bridgehead atoms. The van der Waals surface area contributed by atoms with Gasteiger partial charge < -0.3 is 0 Å². The molecule has 3 aromatic carbocycles. The first-order chi connectivity index (χ1) is 17.3. The lowest BCUT2D eigenvalue weighted by atomic mass is 9.68. The van der Waals surface area contributed by atoms with Gasteiger partial charge >= 0.3 is 6.03 Å². The maximum absolute atomic E-state index is 14.1. The molecule has 0 saturated carbocycles. The van der Waals surface area contributed by atoms with Gasteiger partial charge in [0.1, 0.15) is 5.82 Å². The van der Waals surface area contributed by atoms with E-state index in [4.69, 9.17) is 0 Å². The van der Waals surface area contributed by atoms with Gasteiger partial charge in [-0.25, -0.2) is 9.18 Å². The molecule has 7 heteroatoms. The summed E-state index contributed by atoms with van der Waals surface area (Å²) in [5, 5.41) is 0. The van der Waals surface area contributed by atoms with E-state index < -0.39 is 34.9 Å². The summed E-state index contributed by atoms with van der Waals surface area (Å²) in [4.78, 5) is 56.4. The molecular weight excluding hydrogens is 459 g/mol. The third kappa shape index (κ3) is 3.24. The number of allylic oxidation sites excluding steroid dienone is 2. The Morgan fingerprint density at radius 2 is 1.25 bits per heavy atom. The summed E-state index contributed by atoms with van der Waals surface area (Å²) in [5.41, 5.74) is -0.247.